The predicted molar refractivity (Wildman–Crippen MR) is 97.1 cm³/mol. The number of nitrogens with two attached hydrogens (primary N) is 1. The summed E-state index contributed by atoms with van der Waals surface area (Å²) in [7, 11) is 0. The van der Waals surface area contributed by atoms with E-state index in [0.29, 0.717) is 16.4 Å². The highest BCUT2D eigenvalue weighted by molar-refractivity contribution is 9.10. The van der Waals surface area contributed by atoms with Gasteiger partial charge in [0.1, 0.15) is 0 Å². The Balaban J connectivity index is 1.97. The third kappa shape index (κ3) is 4.92. The van der Waals surface area contributed by atoms with Gasteiger partial charge in [-0.05, 0) is 36.4 Å². The van der Waals surface area contributed by atoms with E-state index in [4.69, 9.17) is 17.3 Å². The van der Waals surface area contributed by atoms with Gasteiger partial charge in [0, 0.05) is 19.5 Å². The molecule has 0 atom stereocenters. The molecular formula is C14H11Br2ClN2OS. The van der Waals surface area contributed by atoms with Crippen molar-refractivity contribution in [2.75, 3.05) is 16.8 Å². The van der Waals surface area contributed by atoms with Gasteiger partial charge in [-0.25, -0.2) is 0 Å². The van der Waals surface area contributed by atoms with Crippen molar-refractivity contribution in [3.8, 4) is 0 Å². The number of amides is 1. The molecule has 0 saturated heterocycles. The number of hydrogen-bond acceptors (Lipinski definition) is 3. The fourth-order valence-corrected chi connectivity index (χ4v) is 3.59. The number of benzene rings is 2. The van der Waals surface area contributed by atoms with Crippen LogP contribution >= 0.6 is 55.2 Å². The maximum Gasteiger partial charge on any atom is 0.234 e. The molecule has 0 aliphatic carbocycles. The summed E-state index contributed by atoms with van der Waals surface area (Å²) in [5, 5.41) is 3.27. The highest BCUT2D eigenvalue weighted by atomic mass is 79.9. The number of halogens is 3. The number of anilines is 2. The molecule has 0 fully saturated rings. The van der Waals surface area contributed by atoms with Crippen molar-refractivity contribution in [2.24, 2.45) is 0 Å². The van der Waals surface area contributed by atoms with Crippen LogP contribution in [0.1, 0.15) is 0 Å². The van der Waals surface area contributed by atoms with E-state index in [9.17, 15) is 4.79 Å². The Morgan fingerprint density at radius 2 is 1.86 bits per heavy atom. The molecule has 0 unspecified atom stereocenters. The van der Waals surface area contributed by atoms with Gasteiger partial charge >= 0.3 is 0 Å². The monoisotopic (exact) mass is 448 g/mol. The lowest BCUT2D eigenvalue weighted by Crippen LogP contribution is -2.14. The molecule has 0 radical (unpaired) electrons. The molecule has 21 heavy (non-hydrogen) atoms. The third-order valence-corrected chi connectivity index (χ3v) is 4.91. The number of thioether (sulfide) groups is 1. The summed E-state index contributed by atoms with van der Waals surface area (Å²) >= 11 is 14.1. The van der Waals surface area contributed by atoms with Crippen LogP contribution in [0.2, 0.25) is 5.02 Å². The van der Waals surface area contributed by atoms with Crippen molar-refractivity contribution in [2.45, 2.75) is 4.90 Å². The van der Waals surface area contributed by atoms with Crippen molar-refractivity contribution in [1.29, 1.82) is 0 Å². The lowest BCUT2D eigenvalue weighted by Gasteiger charge is -2.09. The Bertz CT molecular complexity index is 682. The smallest absolute Gasteiger partial charge is 0.234 e. The molecule has 3 nitrogen and oxygen atoms in total. The molecule has 2 rings (SSSR count). The maximum atomic E-state index is 12.0. The van der Waals surface area contributed by atoms with Crippen LogP contribution in [0.4, 0.5) is 11.4 Å². The van der Waals surface area contributed by atoms with Crippen LogP contribution in [-0.2, 0) is 4.79 Å². The number of nitrogen functional groups attached to an aromatic ring is 1. The maximum absolute atomic E-state index is 12.0. The number of rotatable bonds is 4. The fraction of sp³-hybridized carbons (Fsp3) is 0.0714. The molecule has 2 aromatic rings. The molecular weight excluding hydrogens is 439 g/mol. The molecule has 0 spiro atoms. The molecule has 0 saturated carbocycles. The first kappa shape index (κ1) is 16.7. The van der Waals surface area contributed by atoms with E-state index < -0.39 is 0 Å². The van der Waals surface area contributed by atoms with Gasteiger partial charge in [-0.15, -0.1) is 11.8 Å². The van der Waals surface area contributed by atoms with Gasteiger partial charge in [-0.1, -0.05) is 43.5 Å². The summed E-state index contributed by atoms with van der Waals surface area (Å²) < 4.78 is 1.79. The van der Waals surface area contributed by atoms with Gasteiger partial charge < -0.3 is 11.1 Å². The average Bonchev–Trinajstić information content (AvgIpc) is 2.43. The SMILES string of the molecule is Nc1ccc(Br)cc1SCC(=O)Nc1ccc(Br)cc1Cl. The second-order valence-electron chi connectivity index (χ2n) is 4.14. The Hall–Kier alpha value is -0.690. The second kappa shape index (κ2) is 7.54. The molecule has 1 amide bonds. The molecule has 0 heterocycles. The first-order valence-electron chi connectivity index (χ1n) is 5.88. The molecule has 2 aromatic carbocycles. The highest BCUT2D eigenvalue weighted by Gasteiger charge is 2.08. The molecule has 7 heteroatoms. The molecule has 0 aliphatic rings. The number of carbonyl (C=O) groups excluding carboxylic acids is 1. The summed E-state index contributed by atoms with van der Waals surface area (Å²) in [6.45, 7) is 0. The average molecular weight is 451 g/mol. The van der Waals surface area contributed by atoms with Crippen molar-refractivity contribution in [3.05, 3.63) is 50.4 Å². The first-order valence-corrected chi connectivity index (χ1v) is 8.83. The number of nitrogens with one attached hydrogen (secondary N) is 1. The van der Waals surface area contributed by atoms with Crippen molar-refractivity contribution < 1.29 is 4.79 Å². The lowest BCUT2D eigenvalue weighted by molar-refractivity contribution is -0.113. The topological polar surface area (TPSA) is 55.1 Å². The summed E-state index contributed by atoms with van der Waals surface area (Å²) in [4.78, 5) is 12.8. The molecule has 0 aliphatic heterocycles. The Morgan fingerprint density at radius 1 is 1.19 bits per heavy atom. The standard InChI is InChI=1S/C14H11Br2ClN2OS/c15-8-2-4-12(10(17)5-8)19-14(20)7-21-13-6-9(16)1-3-11(13)18/h1-6H,7,18H2,(H,19,20). The largest absolute Gasteiger partial charge is 0.398 e. The second-order valence-corrected chi connectivity index (χ2v) is 7.40. The Labute approximate surface area is 148 Å². The van der Waals surface area contributed by atoms with Crippen LogP contribution in [0.25, 0.3) is 0 Å². The van der Waals surface area contributed by atoms with Gasteiger partial charge in [-0.2, -0.15) is 0 Å². The summed E-state index contributed by atoms with van der Waals surface area (Å²) in [6, 6.07) is 10.9. The summed E-state index contributed by atoms with van der Waals surface area (Å²) in [5.74, 6) is 0.121. The fourth-order valence-electron chi connectivity index (χ4n) is 1.55. The van der Waals surface area contributed by atoms with Gasteiger partial charge in [-0.3, -0.25) is 4.79 Å². The minimum atomic E-state index is -0.136. The minimum absolute atomic E-state index is 0.136. The number of hydrogen-bond donors (Lipinski definition) is 2. The van der Waals surface area contributed by atoms with E-state index in [-0.39, 0.29) is 11.7 Å². The number of carbonyl (C=O) groups is 1. The zero-order chi connectivity index (χ0) is 15.4. The lowest BCUT2D eigenvalue weighted by atomic mass is 10.3. The van der Waals surface area contributed by atoms with Crippen molar-refractivity contribution >= 4 is 72.5 Å². The van der Waals surface area contributed by atoms with E-state index in [1.165, 1.54) is 11.8 Å². The first-order chi connectivity index (χ1) is 9.95. The molecule has 3 N–H and O–H groups in total. The highest BCUT2D eigenvalue weighted by Crippen LogP contribution is 2.29. The predicted octanol–water partition coefficient (Wildman–Crippen LogP) is 5.18. The summed E-state index contributed by atoms with van der Waals surface area (Å²) in [5.41, 5.74) is 7.11. The van der Waals surface area contributed by atoms with Gasteiger partial charge in [0.15, 0.2) is 0 Å². The van der Waals surface area contributed by atoms with Crippen molar-refractivity contribution in [3.63, 3.8) is 0 Å². The van der Waals surface area contributed by atoms with Crippen LogP contribution in [-0.4, -0.2) is 11.7 Å². The summed E-state index contributed by atoms with van der Waals surface area (Å²) in [6.07, 6.45) is 0. The van der Waals surface area contributed by atoms with Gasteiger partial charge in [0.25, 0.3) is 0 Å². The van der Waals surface area contributed by atoms with Gasteiger partial charge in [0.05, 0.1) is 16.5 Å². The Kier molecular flexibility index (Phi) is 5.98. The van der Waals surface area contributed by atoms with E-state index in [1.54, 1.807) is 18.2 Å². The van der Waals surface area contributed by atoms with Crippen molar-refractivity contribution in [1.82, 2.24) is 0 Å². The van der Waals surface area contributed by atoms with E-state index in [1.807, 2.05) is 18.2 Å². The van der Waals surface area contributed by atoms with Crippen LogP contribution in [0.5, 0.6) is 0 Å². The van der Waals surface area contributed by atoms with Crippen LogP contribution in [0.3, 0.4) is 0 Å². The van der Waals surface area contributed by atoms with Crippen LogP contribution in [0.15, 0.2) is 50.2 Å². The zero-order valence-electron chi connectivity index (χ0n) is 10.7. The molecule has 0 aromatic heterocycles. The minimum Gasteiger partial charge on any atom is -0.398 e. The quantitative estimate of drug-likeness (QED) is 0.499. The van der Waals surface area contributed by atoms with Crippen LogP contribution < -0.4 is 11.1 Å². The zero-order valence-corrected chi connectivity index (χ0v) is 15.4. The van der Waals surface area contributed by atoms with E-state index in [0.717, 1.165) is 13.8 Å². The van der Waals surface area contributed by atoms with Gasteiger partial charge in [0.2, 0.25) is 5.91 Å². The third-order valence-electron chi connectivity index (χ3n) is 2.54. The van der Waals surface area contributed by atoms with E-state index in [2.05, 4.69) is 37.2 Å². The molecule has 0 bridgehead atoms. The normalized spacial score (nSPS) is 10.4. The Morgan fingerprint density at radius 3 is 2.57 bits per heavy atom. The molecule has 110 valence electrons. The van der Waals surface area contributed by atoms with E-state index >= 15 is 0 Å². The van der Waals surface area contributed by atoms with Crippen LogP contribution in [0, 0.1) is 0 Å².